The molecule has 9 aromatic carbocycles. The lowest BCUT2D eigenvalue weighted by atomic mass is 10.0. The predicted octanol–water partition coefficient (Wildman–Crippen LogP) is 34.3. The van der Waals surface area contributed by atoms with E-state index in [0.29, 0.717) is 6.79 Å². The number of nitrogens with one attached hydrogen (secondary N) is 3. The molecule has 0 fully saturated rings. The first-order valence-electron chi connectivity index (χ1n) is 49.2. The molecule has 2 aliphatic carbocycles. The Morgan fingerprint density at radius 2 is 1.02 bits per heavy atom. The van der Waals surface area contributed by atoms with Crippen molar-refractivity contribution in [3.63, 3.8) is 0 Å². The number of H-pyrrole nitrogens is 3. The fourth-order valence-corrected chi connectivity index (χ4v) is 14.8. The van der Waals surface area contributed by atoms with Gasteiger partial charge in [-0.1, -0.05) is 316 Å². The molecule has 0 bridgehead atoms. The van der Waals surface area contributed by atoms with Crippen molar-refractivity contribution in [1.82, 2.24) is 48.8 Å². The third-order valence-electron chi connectivity index (χ3n) is 19.5. The van der Waals surface area contributed by atoms with Crippen LogP contribution in [0.15, 0.2) is 294 Å². The van der Waals surface area contributed by atoms with Crippen LogP contribution in [0.25, 0.3) is 75.9 Å². The summed E-state index contributed by atoms with van der Waals surface area (Å²) >= 11 is 3.35. The molecule has 11 heterocycles. The van der Waals surface area contributed by atoms with Gasteiger partial charge in [-0.3, -0.25) is 28.7 Å². The lowest BCUT2D eigenvalue weighted by molar-refractivity contribution is 0.174. The molecule has 9 aromatic heterocycles. The number of rotatable bonds is 0. The van der Waals surface area contributed by atoms with Crippen LogP contribution in [0.3, 0.4) is 0 Å². The zero-order chi connectivity index (χ0) is 102. The van der Waals surface area contributed by atoms with Gasteiger partial charge in [0.05, 0.1) is 44.4 Å². The summed E-state index contributed by atoms with van der Waals surface area (Å²) in [6, 6.07) is 77.7. The number of hydrogen-bond donors (Lipinski definition) is 3. The number of allylic oxidation sites excluding steroid dienone is 1. The van der Waals surface area contributed by atoms with Gasteiger partial charge in [-0.25, -0.2) is 14.8 Å². The first-order chi connectivity index (χ1) is 66.4. The maximum atomic E-state index is 11.2. The summed E-state index contributed by atoms with van der Waals surface area (Å²) < 4.78 is 20.6. The van der Waals surface area contributed by atoms with Gasteiger partial charge in [0.2, 0.25) is 6.79 Å². The molecule has 136 heavy (non-hydrogen) atoms. The van der Waals surface area contributed by atoms with E-state index in [1.165, 1.54) is 89.6 Å². The minimum absolute atomic E-state index is 0.00583. The maximum Gasteiger partial charge on any atom is 0.326 e. The van der Waals surface area contributed by atoms with Gasteiger partial charge in [0.15, 0.2) is 16.5 Å². The van der Waals surface area contributed by atoms with Crippen molar-refractivity contribution in [2.45, 2.75) is 253 Å². The second-order valence-electron chi connectivity index (χ2n) is 28.5. The fraction of sp³-hybridized carbons (Fsp3) is 0.336. The van der Waals surface area contributed by atoms with Gasteiger partial charge in [0, 0.05) is 100 Å². The van der Waals surface area contributed by atoms with E-state index in [1.807, 2.05) is 337 Å². The standard InChI is InChI=1S/C10H9NO.C10H9N.C10H10.C10H12.C9H8N2.C9H9N.C9H10O.C8H8N2O.C8H7NS.C8H8O2.C6H6N2S.11C2H6/c1-7-6-8-4-2-3-5-9(8)11-10(7)12;1-8-6-9-4-2-3-5-10(9)11-7-8;1-8-6-9-4-2-3-5-10(9)7-8;1-8-6-7-9-4-2-3-5-10(8)9;1-7-2-3-8-6-10-5-4-9(8)11-7;1-7-6-10-9-5-3-2-4-8(7)9;1-7-2-3-9-8(6-7)4-5-10-9;1-10-7-5-3-2-4-6(7)9-8(10)11;2*1-6-2-3-7-8(4-6)10-5-9-7;1-5-4-7-6-8(5)2-3-9-6;11*1-2/h2-6H,1H3,(H,11,12);2-7H,1H3;2-6H,7H2,1H3;2-5,8H,6-7H2,1H3;2-6H,1H3;2-6,10H,1H3;2-3,6H,4-5H2,1H3;2-5H,1H3,(H,9,11);2-5H,1H3;2-4H,5H2,1H3;2-4H,1H3;11*1-2H3. The maximum absolute atomic E-state index is 11.2. The van der Waals surface area contributed by atoms with E-state index in [-0.39, 0.29) is 11.2 Å². The van der Waals surface area contributed by atoms with Crippen LogP contribution in [0.2, 0.25) is 0 Å². The number of hydrogen-bond acceptors (Lipinski definition) is 12. The number of fused-ring (bicyclic) bond motifs is 11. The Bertz CT molecular complexity index is 6250. The van der Waals surface area contributed by atoms with E-state index < -0.39 is 0 Å². The summed E-state index contributed by atoms with van der Waals surface area (Å²) in [5.74, 6) is 3.59. The van der Waals surface area contributed by atoms with Gasteiger partial charge in [0.1, 0.15) is 5.75 Å². The number of nitrogens with zero attached hydrogens (tertiary/aromatic N) is 7. The van der Waals surface area contributed by atoms with Crippen molar-refractivity contribution in [2.75, 3.05) is 13.4 Å². The molecule has 0 saturated heterocycles. The third-order valence-corrected chi connectivity index (χ3v) is 21.0. The molecule has 1 unspecified atom stereocenters. The third kappa shape index (κ3) is 40.4. The fourth-order valence-electron chi connectivity index (χ4n) is 13.3. The second kappa shape index (κ2) is 71.7. The summed E-state index contributed by atoms with van der Waals surface area (Å²) in [5.41, 5.74) is 27.1. The second-order valence-corrected chi connectivity index (χ2v) is 30.2. The number of pyridine rings is 4. The normalized spacial score (nSPS) is 11.0. The highest BCUT2D eigenvalue weighted by molar-refractivity contribution is 7.16. The summed E-state index contributed by atoms with van der Waals surface area (Å²) in [4.78, 5) is 53.0. The number of ether oxygens (including phenoxy) is 3. The molecule has 4 aliphatic rings. The summed E-state index contributed by atoms with van der Waals surface area (Å²) in [6.07, 6.45) is 18.5. The van der Waals surface area contributed by atoms with E-state index in [0.717, 1.165) is 103 Å². The van der Waals surface area contributed by atoms with E-state index in [4.69, 9.17) is 14.2 Å². The smallest absolute Gasteiger partial charge is 0.326 e. The first kappa shape index (κ1) is 121. The molecular formula is C119H162N10O5S2. The van der Waals surface area contributed by atoms with E-state index in [9.17, 15) is 9.59 Å². The van der Waals surface area contributed by atoms with Crippen molar-refractivity contribution in [3.8, 4) is 17.2 Å². The Morgan fingerprint density at radius 1 is 0.434 bits per heavy atom. The van der Waals surface area contributed by atoms with Crippen molar-refractivity contribution in [2.24, 2.45) is 7.05 Å². The van der Waals surface area contributed by atoms with Gasteiger partial charge < -0.3 is 29.2 Å². The molecule has 17 heteroatoms. The molecule has 0 saturated carbocycles. The van der Waals surface area contributed by atoms with E-state index in [1.54, 1.807) is 51.6 Å². The number of aromatic amines is 3. The molecule has 15 nitrogen and oxygen atoms in total. The molecule has 2 aliphatic heterocycles. The molecule has 1 atom stereocenters. The highest BCUT2D eigenvalue weighted by Crippen LogP contribution is 2.34. The number of thiazole rings is 2. The van der Waals surface area contributed by atoms with E-state index in [2.05, 4.69) is 207 Å². The van der Waals surface area contributed by atoms with Crippen LogP contribution >= 0.6 is 22.7 Å². The van der Waals surface area contributed by atoms with Crippen LogP contribution < -0.4 is 25.5 Å². The highest BCUT2D eigenvalue weighted by Gasteiger charge is 2.17. The molecule has 22 rings (SSSR count). The molecule has 3 N–H and O–H groups in total. The Balaban J connectivity index is 0.000000733. The highest BCUT2D eigenvalue weighted by atomic mass is 32.1. The Morgan fingerprint density at radius 3 is 1.69 bits per heavy atom. The van der Waals surface area contributed by atoms with Crippen LogP contribution in [-0.2, 0) is 26.3 Å². The molecule has 0 radical (unpaired) electrons. The van der Waals surface area contributed by atoms with Gasteiger partial charge in [-0.15, -0.1) is 22.7 Å². The van der Waals surface area contributed by atoms with Crippen LogP contribution in [0.1, 0.15) is 251 Å². The number of para-hydroxylation sites is 5. The van der Waals surface area contributed by atoms with Crippen molar-refractivity contribution in [3.05, 3.63) is 378 Å². The van der Waals surface area contributed by atoms with Crippen LogP contribution in [0.4, 0.5) is 0 Å². The van der Waals surface area contributed by atoms with Crippen LogP contribution in [0.5, 0.6) is 17.2 Å². The molecule has 0 amide bonds. The van der Waals surface area contributed by atoms with Crippen LogP contribution in [-0.4, -0.2) is 62.2 Å². The van der Waals surface area contributed by atoms with Gasteiger partial charge >= 0.3 is 5.69 Å². The van der Waals surface area contributed by atoms with Gasteiger partial charge in [-0.05, 0) is 234 Å². The lowest BCUT2D eigenvalue weighted by Crippen LogP contribution is -2.11. The largest absolute Gasteiger partial charge is 0.493 e. The number of benzene rings is 9. The Labute approximate surface area is 824 Å². The number of aromatic nitrogens is 10. The van der Waals surface area contributed by atoms with Crippen molar-refractivity contribution >= 4 is 98.6 Å². The molecule has 0 spiro atoms. The monoisotopic (exact) mass is 1880 g/mol. The van der Waals surface area contributed by atoms with Crippen LogP contribution in [0, 0.1) is 55.4 Å². The Hall–Kier alpha value is -12.8. The minimum atomic E-state index is -0.0637. The summed E-state index contributed by atoms with van der Waals surface area (Å²) in [6.45, 7) is 66.0. The van der Waals surface area contributed by atoms with Crippen molar-refractivity contribution in [1.29, 1.82) is 0 Å². The van der Waals surface area contributed by atoms with Gasteiger partial charge in [-0.2, -0.15) is 0 Å². The minimum Gasteiger partial charge on any atom is -0.493 e. The van der Waals surface area contributed by atoms with E-state index >= 15 is 0 Å². The Kier molecular flexibility index (Phi) is 63.9. The predicted molar refractivity (Wildman–Crippen MR) is 598 cm³/mol. The zero-order valence-electron chi connectivity index (χ0n) is 88.4. The van der Waals surface area contributed by atoms with Crippen molar-refractivity contribution < 1.29 is 14.2 Å². The number of imidazole rings is 2. The number of aryl methyl sites for hydroxylation is 10. The molecule has 730 valence electrons. The zero-order valence-corrected chi connectivity index (χ0v) is 90.1. The lowest BCUT2D eigenvalue weighted by Gasteiger charge is -2.01. The molecule has 18 aromatic rings. The van der Waals surface area contributed by atoms with Gasteiger partial charge in [0.25, 0.3) is 5.56 Å². The average Bonchev–Trinajstić information content (AvgIpc) is 1.62. The SMILES string of the molecule is CC.CC.CC.CC.CC.CC.CC.CC.CC.CC.CC.CC1=Cc2ccccc2C1.CC1CCc2ccccc21.Cc1c[nH]c2ccccc12.Cc1cc2ccccc2[nH]c1=O.Cc1ccc2c(c1)CCO2.Cc1ccc2c(c1)OCO2.Cc1ccc2cnccc2n1.Cc1ccc2ncsc2c1.Cc1cnc2ccccc2c1.Cc1cnc2sccn12.Cn1c(=O)[nH]c2ccccc21. The molecular weight excluding hydrogens is 1710 g/mol. The first-order valence-corrected chi connectivity index (χ1v) is 50.9. The summed E-state index contributed by atoms with van der Waals surface area (Å²) in [5, 5.41) is 6.75. The summed E-state index contributed by atoms with van der Waals surface area (Å²) in [7, 11) is 1.75. The quantitative estimate of drug-likeness (QED) is 0.132. The topological polar surface area (TPSA) is 183 Å². The average molecular weight is 1880 g/mol.